The van der Waals surface area contributed by atoms with E-state index < -0.39 is 11.7 Å². The number of nitrogens with zero attached hydrogens (tertiary/aromatic N) is 3. The minimum absolute atomic E-state index is 0.144. The lowest BCUT2D eigenvalue weighted by Gasteiger charge is -2.21. The summed E-state index contributed by atoms with van der Waals surface area (Å²) in [6.45, 7) is 5.89. The minimum atomic E-state index is -0.775. The standard InChI is InChI=1S/C20H21FN4O2/c1-4-25(5-2)16-8-7-15(19(11-16)27-3)13-23-24-20(26)17-9-6-14(12-22)10-18(17)21/h6-11,13H,4-5H2,1-3H3,(H,24,26). The van der Waals surface area contributed by atoms with Gasteiger partial charge in [0.1, 0.15) is 11.6 Å². The largest absolute Gasteiger partial charge is 0.496 e. The average molecular weight is 368 g/mol. The number of methoxy groups -OCH3 is 1. The minimum Gasteiger partial charge on any atom is -0.496 e. The van der Waals surface area contributed by atoms with Crippen molar-refractivity contribution in [2.45, 2.75) is 13.8 Å². The zero-order valence-electron chi connectivity index (χ0n) is 15.5. The molecule has 1 amide bonds. The van der Waals surface area contributed by atoms with Crippen molar-refractivity contribution >= 4 is 17.8 Å². The van der Waals surface area contributed by atoms with Gasteiger partial charge >= 0.3 is 0 Å². The Morgan fingerprint density at radius 3 is 2.63 bits per heavy atom. The Kier molecular flexibility index (Phi) is 6.89. The van der Waals surface area contributed by atoms with Gasteiger partial charge in [-0.1, -0.05) is 0 Å². The van der Waals surface area contributed by atoms with Crippen molar-refractivity contribution in [2.24, 2.45) is 5.10 Å². The summed E-state index contributed by atoms with van der Waals surface area (Å²) in [5.41, 5.74) is 3.94. The Morgan fingerprint density at radius 1 is 1.30 bits per heavy atom. The van der Waals surface area contributed by atoms with Crippen LogP contribution >= 0.6 is 0 Å². The highest BCUT2D eigenvalue weighted by Gasteiger charge is 2.12. The second-order valence-corrected chi connectivity index (χ2v) is 5.60. The number of nitrogens with one attached hydrogen (secondary N) is 1. The van der Waals surface area contributed by atoms with Gasteiger partial charge in [0.25, 0.3) is 5.91 Å². The number of hydrogen-bond acceptors (Lipinski definition) is 5. The van der Waals surface area contributed by atoms with Gasteiger partial charge in [-0.05, 0) is 44.2 Å². The van der Waals surface area contributed by atoms with Gasteiger partial charge in [-0.3, -0.25) is 4.79 Å². The molecule has 0 bridgehead atoms. The molecule has 140 valence electrons. The van der Waals surface area contributed by atoms with E-state index >= 15 is 0 Å². The molecular formula is C20H21FN4O2. The van der Waals surface area contributed by atoms with Crippen LogP contribution in [0.5, 0.6) is 5.75 Å². The summed E-state index contributed by atoms with van der Waals surface area (Å²) in [4.78, 5) is 14.2. The van der Waals surface area contributed by atoms with Crippen LogP contribution in [0.3, 0.4) is 0 Å². The summed E-state index contributed by atoms with van der Waals surface area (Å²) < 4.78 is 19.2. The molecule has 7 heteroatoms. The predicted molar refractivity (Wildman–Crippen MR) is 103 cm³/mol. The molecule has 0 radical (unpaired) electrons. The third kappa shape index (κ3) is 4.82. The highest BCUT2D eigenvalue weighted by Crippen LogP contribution is 2.24. The molecule has 2 rings (SSSR count). The molecule has 0 saturated heterocycles. The van der Waals surface area contributed by atoms with Gasteiger partial charge in [-0.25, -0.2) is 9.82 Å². The number of ether oxygens (including phenoxy) is 1. The second kappa shape index (κ2) is 9.34. The molecule has 0 aromatic heterocycles. The van der Waals surface area contributed by atoms with Crippen LogP contribution in [0.4, 0.5) is 10.1 Å². The van der Waals surface area contributed by atoms with Crippen molar-refractivity contribution < 1.29 is 13.9 Å². The van der Waals surface area contributed by atoms with Gasteiger partial charge in [0.2, 0.25) is 0 Å². The first-order chi connectivity index (χ1) is 13.0. The molecule has 27 heavy (non-hydrogen) atoms. The molecule has 0 aliphatic carbocycles. The summed E-state index contributed by atoms with van der Waals surface area (Å²) in [6.07, 6.45) is 1.43. The SMILES string of the molecule is CCN(CC)c1ccc(C=NNC(=O)c2ccc(C#N)cc2F)c(OC)c1. The van der Waals surface area contributed by atoms with Crippen LogP contribution in [-0.4, -0.2) is 32.3 Å². The monoisotopic (exact) mass is 368 g/mol. The van der Waals surface area contributed by atoms with Gasteiger partial charge in [0.15, 0.2) is 0 Å². The number of hydrogen-bond donors (Lipinski definition) is 1. The molecule has 0 unspecified atom stereocenters. The van der Waals surface area contributed by atoms with Gasteiger partial charge in [0.05, 0.1) is 30.5 Å². The number of halogens is 1. The van der Waals surface area contributed by atoms with Crippen LogP contribution in [0.25, 0.3) is 0 Å². The molecule has 0 spiro atoms. The molecule has 2 aromatic rings. The third-order valence-electron chi connectivity index (χ3n) is 4.06. The summed E-state index contributed by atoms with van der Waals surface area (Å²) in [7, 11) is 1.56. The number of anilines is 1. The van der Waals surface area contributed by atoms with E-state index in [-0.39, 0.29) is 11.1 Å². The predicted octanol–water partition coefficient (Wildman–Crippen LogP) is 3.32. The van der Waals surface area contributed by atoms with Crippen molar-refractivity contribution in [3.8, 4) is 11.8 Å². The van der Waals surface area contributed by atoms with Crippen LogP contribution in [0.2, 0.25) is 0 Å². The Labute approximate surface area is 157 Å². The Morgan fingerprint density at radius 2 is 2.04 bits per heavy atom. The fourth-order valence-corrected chi connectivity index (χ4v) is 2.58. The van der Waals surface area contributed by atoms with Gasteiger partial charge in [-0.15, -0.1) is 0 Å². The maximum Gasteiger partial charge on any atom is 0.274 e. The Balaban J connectivity index is 2.14. The van der Waals surface area contributed by atoms with Crippen LogP contribution in [0, 0.1) is 17.1 Å². The van der Waals surface area contributed by atoms with Crippen LogP contribution in [0.15, 0.2) is 41.5 Å². The highest BCUT2D eigenvalue weighted by atomic mass is 19.1. The fourth-order valence-electron chi connectivity index (χ4n) is 2.58. The van der Waals surface area contributed by atoms with E-state index in [9.17, 15) is 9.18 Å². The van der Waals surface area contributed by atoms with Crippen LogP contribution in [0.1, 0.15) is 35.3 Å². The van der Waals surface area contributed by atoms with Crippen molar-refractivity contribution in [3.05, 3.63) is 58.9 Å². The van der Waals surface area contributed by atoms with Gasteiger partial charge < -0.3 is 9.64 Å². The number of carbonyl (C=O) groups is 1. The summed E-state index contributed by atoms with van der Waals surface area (Å²) in [5, 5.41) is 12.6. The van der Waals surface area contributed by atoms with Crippen molar-refractivity contribution in [3.63, 3.8) is 0 Å². The van der Waals surface area contributed by atoms with Crippen LogP contribution in [-0.2, 0) is 0 Å². The van der Waals surface area contributed by atoms with Crippen molar-refractivity contribution in [1.29, 1.82) is 5.26 Å². The maximum absolute atomic E-state index is 13.9. The van der Waals surface area contributed by atoms with E-state index in [0.29, 0.717) is 11.3 Å². The highest BCUT2D eigenvalue weighted by molar-refractivity contribution is 5.95. The number of nitriles is 1. The second-order valence-electron chi connectivity index (χ2n) is 5.60. The third-order valence-corrected chi connectivity index (χ3v) is 4.06. The van der Waals surface area contributed by atoms with Crippen molar-refractivity contribution in [1.82, 2.24) is 5.43 Å². The number of carbonyl (C=O) groups excluding carboxylic acids is 1. The molecular weight excluding hydrogens is 347 g/mol. The lowest BCUT2D eigenvalue weighted by atomic mass is 10.1. The first kappa shape index (κ1) is 19.9. The molecule has 0 heterocycles. The van der Waals surface area contributed by atoms with Crippen molar-refractivity contribution in [2.75, 3.05) is 25.1 Å². The van der Waals surface area contributed by atoms with E-state index in [1.54, 1.807) is 7.11 Å². The van der Waals surface area contributed by atoms with E-state index in [4.69, 9.17) is 10.00 Å². The van der Waals surface area contributed by atoms with Gasteiger partial charge in [0, 0.05) is 30.4 Å². The fraction of sp³-hybridized carbons (Fsp3) is 0.250. The average Bonchev–Trinajstić information content (AvgIpc) is 2.69. The molecule has 0 aliphatic heterocycles. The number of benzene rings is 2. The smallest absolute Gasteiger partial charge is 0.274 e. The molecule has 0 aliphatic rings. The normalized spacial score (nSPS) is 10.5. The first-order valence-corrected chi connectivity index (χ1v) is 8.50. The first-order valence-electron chi connectivity index (χ1n) is 8.50. The Bertz CT molecular complexity index is 886. The summed E-state index contributed by atoms with van der Waals surface area (Å²) in [5.74, 6) is -0.864. The molecule has 0 fully saturated rings. The zero-order chi connectivity index (χ0) is 19.8. The van der Waals surface area contributed by atoms with Gasteiger partial charge in [-0.2, -0.15) is 10.4 Å². The molecule has 2 aromatic carbocycles. The molecule has 0 atom stereocenters. The summed E-state index contributed by atoms with van der Waals surface area (Å²) in [6, 6.07) is 11.1. The van der Waals surface area contributed by atoms with E-state index in [2.05, 4.69) is 29.3 Å². The molecule has 6 nitrogen and oxygen atoms in total. The number of rotatable bonds is 7. The lowest BCUT2D eigenvalue weighted by molar-refractivity contribution is 0.0951. The zero-order valence-corrected chi connectivity index (χ0v) is 15.5. The quantitative estimate of drug-likeness (QED) is 0.601. The van der Waals surface area contributed by atoms with E-state index in [1.165, 1.54) is 18.3 Å². The summed E-state index contributed by atoms with van der Waals surface area (Å²) >= 11 is 0. The Hall–Kier alpha value is -3.40. The molecule has 0 saturated carbocycles. The van der Waals surface area contributed by atoms with E-state index in [1.807, 2.05) is 24.3 Å². The maximum atomic E-state index is 13.9. The van der Waals surface area contributed by atoms with E-state index in [0.717, 1.165) is 24.8 Å². The molecule has 1 N–H and O–H groups in total. The lowest BCUT2D eigenvalue weighted by Crippen LogP contribution is -2.21. The van der Waals surface area contributed by atoms with Crippen LogP contribution < -0.4 is 15.1 Å². The topological polar surface area (TPSA) is 77.7 Å². The number of amides is 1. The number of hydrazone groups is 1.